The SMILES string of the molecule is COc1ccc(-c2nc3[nH]ncc3c(-c3cc[nH]c3)c2C#N)cc1. The van der Waals surface area contributed by atoms with Crippen molar-refractivity contribution in [2.24, 2.45) is 0 Å². The standard InChI is InChI=1S/C18H13N5O/c1-24-13-4-2-11(3-5-13)17-14(8-19)16(12-6-7-20-9-12)15-10-21-23-18(15)22-17/h2-7,9-10,20H,1H3,(H,21,22,23). The van der Waals surface area contributed by atoms with Crippen LogP contribution in [0.1, 0.15) is 5.56 Å². The summed E-state index contributed by atoms with van der Waals surface area (Å²) in [5.41, 5.74) is 4.39. The number of nitriles is 1. The molecule has 0 unspecified atom stereocenters. The van der Waals surface area contributed by atoms with Gasteiger partial charge in [-0.05, 0) is 30.3 Å². The number of rotatable bonds is 3. The number of benzene rings is 1. The van der Waals surface area contributed by atoms with Crippen LogP contribution < -0.4 is 4.74 Å². The Morgan fingerprint density at radius 2 is 1.96 bits per heavy atom. The van der Waals surface area contributed by atoms with Gasteiger partial charge in [0.05, 0.1) is 24.6 Å². The van der Waals surface area contributed by atoms with Gasteiger partial charge in [0, 0.05) is 34.5 Å². The number of pyridine rings is 1. The molecule has 0 aliphatic carbocycles. The highest BCUT2D eigenvalue weighted by molar-refractivity contribution is 5.98. The molecule has 1 aromatic carbocycles. The molecule has 0 spiro atoms. The van der Waals surface area contributed by atoms with Crippen LogP contribution in [0.3, 0.4) is 0 Å². The van der Waals surface area contributed by atoms with Gasteiger partial charge in [-0.25, -0.2) is 4.98 Å². The second kappa shape index (κ2) is 5.56. The highest BCUT2D eigenvalue weighted by atomic mass is 16.5. The lowest BCUT2D eigenvalue weighted by Crippen LogP contribution is -1.95. The van der Waals surface area contributed by atoms with E-state index in [-0.39, 0.29) is 0 Å². The fraction of sp³-hybridized carbons (Fsp3) is 0.0556. The first kappa shape index (κ1) is 14.0. The van der Waals surface area contributed by atoms with Gasteiger partial charge in [-0.3, -0.25) is 5.10 Å². The number of nitrogens with zero attached hydrogens (tertiary/aromatic N) is 3. The summed E-state index contributed by atoms with van der Waals surface area (Å²) in [5, 5.41) is 17.6. The molecule has 0 aliphatic heterocycles. The topological polar surface area (TPSA) is 90.4 Å². The third-order valence-electron chi connectivity index (χ3n) is 3.96. The van der Waals surface area contributed by atoms with Gasteiger partial charge in [0.1, 0.15) is 11.8 Å². The van der Waals surface area contributed by atoms with Crippen LogP contribution in [0.15, 0.2) is 48.9 Å². The van der Waals surface area contributed by atoms with E-state index in [0.29, 0.717) is 16.9 Å². The third kappa shape index (κ3) is 2.11. The first-order chi connectivity index (χ1) is 11.8. The molecule has 4 aromatic rings. The van der Waals surface area contributed by atoms with E-state index < -0.39 is 0 Å². The van der Waals surface area contributed by atoms with Crippen molar-refractivity contribution in [2.75, 3.05) is 7.11 Å². The molecule has 3 heterocycles. The smallest absolute Gasteiger partial charge is 0.156 e. The van der Waals surface area contributed by atoms with Gasteiger partial charge in [0.15, 0.2) is 5.65 Å². The van der Waals surface area contributed by atoms with Crippen LogP contribution in [0.4, 0.5) is 0 Å². The van der Waals surface area contributed by atoms with E-state index in [2.05, 4.69) is 26.2 Å². The predicted octanol–water partition coefficient (Wildman–Crippen LogP) is 3.50. The number of hydrogen-bond donors (Lipinski definition) is 2. The first-order valence-electron chi connectivity index (χ1n) is 7.36. The molecule has 0 fully saturated rings. The average molecular weight is 315 g/mol. The Bertz CT molecular complexity index is 1040. The highest BCUT2D eigenvalue weighted by Gasteiger charge is 2.19. The summed E-state index contributed by atoms with van der Waals surface area (Å²) in [6.07, 6.45) is 5.39. The zero-order chi connectivity index (χ0) is 16.5. The van der Waals surface area contributed by atoms with Crippen LogP contribution in [-0.4, -0.2) is 27.3 Å². The van der Waals surface area contributed by atoms with E-state index in [1.807, 2.05) is 42.7 Å². The van der Waals surface area contributed by atoms with Crippen LogP contribution in [0.2, 0.25) is 0 Å². The Labute approximate surface area is 137 Å². The van der Waals surface area contributed by atoms with Gasteiger partial charge < -0.3 is 9.72 Å². The molecular weight excluding hydrogens is 302 g/mol. The fourth-order valence-electron chi connectivity index (χ4n) is 2.81. The number of hydrogen-bond acceptors (Lipinski definition) is 4. The van der Waals surface area contributed by atoms with E-state index in [1.54, 1.807) is 13.3 Å². The van der Waals surface area contributed by atoms with Crippen molar-refractivity contribution in [3.8, 4) is 34.2 Å². The molecule has 0 bridgehead atoms. The lowest BCUT2D eigenvalue weighted by atomic mass is 9.96. The number of H-pyrrole nitrogens is 2. The molecule has 6 heteroatoms. The largest absolute Gasteiger partial charge is 0.497 e. The van der Waals surface area contributed by atoms with Gasteiger partial charge >= 0.3 is 0 Å². The number of ether oxygens (including phenoxy) is 1. The minimum Gasteiger partial charge on any atom is -0.497 e. The minimum absolute atomic E-state index is 0.522. The number of aromatic nitrogens is 4. The second-order valence-electron chi connectivity index (χ2n) is 5.28. The summed E-state index contributed by atoms with van der Waals surface area (Å²) in [5.74, 6) is 0.755. The minimum atomic E-state index is 0.522. The molecule has 4 rings (SSSR count). The monoisotopic (exact) mass is 315 g/mol. The fourth-order valence-corrected chi connectivity index (χ4v) is 2.81. The van der Waals surface area contributed by atoms with Crippen LogP contribution in [0.5, 0.6) is 5.75 Å². The molecule has 0 amide bonds. The average Bonchev–Trinajstić information content (AvgIpc) is 3.31. The maximum Gasteiger partial charge on any atom is 0.156 e. The maximum atomic E-state index is 9.80. The maximum absolute atomic E-state index is 9.80. The Hall–Kier alpha value is -3.59. The summed E-state index contributed by atoms with van der Waals surface area (Å²) in [6.45, 7) is 0. The van der Waals surface area contributed by atoms with Crippen molar-refractivity contribution in [1.82, 2.24) is 20.2 Å². The number of nitrogens with one attached hydrogen (secondary N) is 2. The van der Waals surface area contributed by atoms with Gasteiger partial charge in [-0.2, -0.15) is 10.4 Å². The zero-order valence-corrected chi connectivity index (χ0v) is 12.9. The third-order valence-corrected chi connectivity index (χ3v) is 3.96. The Morgan fingerprint density at radius 1 is 1.12 bits per heavy atom. The highest BCUT2D eigenvalue weighted by Crippen LogP contribution is 2.36. The molecule has 3 aromatic heterocycles. The van der Waals surface area contributed by atoms with Crippen molar-refractivity contribution in [1.29, 1.82) is 5.26 Å². The van der Waals surface area contributed by atoms with Crippen LogP contribution in [0.25, 0.3) is 33.4 Å². The number of aromatic amines is 2. The van der Waals surface area contributed by atoms with Crippen molar-refractivity contribution >= 4 is 11.0 Å². The van der Waals surface area contributed by atoms with E-state index in [4.69, 9.17) is 4.74 Å². The van der Waals surface area contributed by atoms with Gasteiger partial charge in [-0.15, -0.1) is 0 Å². The van der Waals surface area contributed by atoms with Gasteiger partial charge in [-0.1, -0.05) is 0 Å². The molecule has 6 nitrogen and oxygen atoms in total. The van der Waals surface area contributed by atoms with Crippen molar-refractivity contribution in [3.05, 3.63) is 54.5 Å². The molecule has 24 heavy (non-hydrogen) atoms. The second-order valence-corrected chi connectivity index (χ2v) is 5.28. The van der Waals surface area contributed by atoms with E-state index >= 15 is 0 Å². The van der Waals surface area contributed by atoms with Crippen LogP contribution >= 0.6 is 0 Å². The normalized spacial score (nSPS) is 10.7. The quantitative estimate of drug-likeness (QED) is 0.605. The van der Waals surface area contributed by atoms with Gasteiger partial charge in [0.25, 0.3) is 0 Å². The molecular formula is C18H13N5O. The summed E-state index contributed by atoms with van der Waals surface area (Å²) in [4.78, 5) is 7.64. The van der Waals surface area contributed by atoms with E-state index in [1.165, 1.54) is 0 Å². The molecule has 116 valence electrons. The summed E-state index contributed by atoms with van der Waals surface area (Å²) >= 11 is 0. The van der Waals surface area contributed by atoms with Crippen molar-refractivity contribution < 1.29 is 4.74 Å². The summed E-state index contributed by atoms with van der Waals surface area (Å²) in [7, 11) is 1.62. The molecule has 2 N–H and O–H groups in total. The Morgan fingerprint density at radius 3 is 2.62 bits per heavy atom. The lowest BCUT2D eigenvalue weighted by molar-refractivity contribution is 0.415. The zero-order valence-electron chi connectivity index (χ0n) is 12.9. The van der Waals surface area contributed by atoms with Crippen LogP contribution in [-0.2, 0) is 0 Å². The number of fused-ring (bicyclic) bond motifs is 1. The van der Waals surface area contributed by atoms with E-state index in [9.17, 15) is 5.26 Å². The molecule has 0 saturated carbocycles. The summed E-state index contributed by atoms with van der Waals surface area (Å²) in [6, 6.07) is 11.7. The Balaban J connectivity index is 2.04. The lowest BCUT2D eigenvalue weighted by Gasteiger charge is -2.10. The van der Waals surface area contributed by atoms with Crippen LogP contribution in [0, 0.1) is 11.3 Å². The first-order valence-corrected chi connectivity index (χ1v) is 7.36. The molecule has 0 radical (unpaired) electrons. The predicted molar refractivity (Wildman–Crippen MR) is 90.4 cm³/mol. The van der Waals surface area contributed by atoms with Crippen molar-refractivity contribution in [2.45, 2.75) is 0 Å². The Kier molecular flexibility index (Phi) is 3.25. The van der Waals surface area contributed by atoms with Gasteiger partial charge in [0.2, 0.25) is 0 Å². The molecule has 0 saturated heterocycles. The molecule has 0 atom stereocenters. The van der Waals surface area contributed by atoms with E-state index in [0.717, 1.165) is 27.8 Å². The number of methoxy groups -OCH3 is 1. The summed E-state index contributed by atoms with van der Waals surface area (Å²) < 4.78 is 5.20. The van der Waals surface area contributed by atoms with Crippen molar-refractivity contribution in [3.63, 3.8) is 0 Å². The molecule has 0 aliphatic rings.